The lowest BCUT2D eigenvalue weighted by molar-refractivity contribution is 0.406. The number of aryl methyl sites for hydroxylation is 1. The Labute approximate surface area is 103 Å². The van der Waals surface area contributed by atoms with E-state index >= 15 is 0 Å². The third kappa shape index (κ3) is 2.10. The molecule has 0 aromatic carbocycles. The smallest absolute Gasteiger partial charge is 0.137 e. The largest absolute Gasteiger partial charge is 0.316 e. The fourth-order valence-corrected chi connectivity index (χ4v) is 3.35. The lowest BCUT2D eigenvalue weighted by atomic mass is 9.98. The van der Waals surface area contributed by atoms with Gasteiger partial charge >= 0.3 is 0 Å². The maximum Gasteiger partial charge on any atom is 0.137 e. The number of aromatic nitrogens is 3. The van der Waals surface area contributed by atoms with E-state index in [0.717, 1.165) is 18.9 Å². The average molecular weight is 234 g/mol. The molecule has 0 bridgehead atoms. The highest BCUT2D eigenvalue weighted by Crippen LogP contribution is 2.33. The first-order valence-corrected chi connectivity index (χ1v) is 6.98. The van der Waals surface area contributed by atoms with Crippen LogP contribution < -0.4 is 5.32 Å². The number of nitrogens with zero attached hydrogens (tertiary/aromatic N) is 3. The summed E-state index contributed by atoms with van der Waals surface area (Å²) in [6.07, 6.45) is 7.88. The van der Waals surface area contributed by atoms with Gasteiger partial charge in [0.25, 0.3) is 0 Å². The third-order valence-corrected chi connectivity index (χ3v) is 4.24. The first-order valence-electron chi connectivity index (χ1n) is 6.98. The maximum absolute atomic E-state index is 4.46. The van der Waals surface area contributed by atoms with E-state index in [9.17, 15) is 0 Å². The number of hydrogen-bond donors (Lipinski definition) is 1. The molecule has 1 atom stereocenters. The van der Waals surface area contributed by atoms with Crippen molar-refractivity contribution in [2.75, 3.05) is 13.1 Å². The van der Waals surface area contributed by atoms with E-state index in [-0.39, 0.29) is 0 Å². The highest BCUT2D eigenvalue weighted by atomic mass is 15.3. The van der Waals surface area contributed by atoms with Gasteiger partial charge in [-0.15, -0.1) is 10.2 Å². The summed E-state index contributed by atoms with van der Waals surface area (Å²) in [4.78, 5) is 0. The molecular weight excluding hydrogens is 212 g/mol. The summed E-state index contributed by atoms with van der Waals surface area (Å²) in [7, 11) is 0. The second-order valence-corrected chi connectivity index (χ2v) is 5.46. The summed E-state index contributed by atoms with van der Waals surface area (Å²) in [6.45, 7) is 4.34. The molecule has 1 aliphatic carbocycles. The summed E-state index contributed by atoms with van der Waals surface area (Å²) in [6, 6.07) is 0.668. The van der Waals surface area contributed by atoms with Gasteiger partial charge < -0.3 is 9.88 Å². The van der Waals surface area contributed by atoms with Gasteiger partial charge in [-0.3, -0.25) is 0 Å². The fourth-order valence-electron chi connectivity index (χ4n) is 3.35. The van der Waals surface area contributed by atoms with Crippen LogP contribution in [0.4, 0.5) is 0 Å². The Kier molecular flexibility index (Phi) is 3.14. The standard InChI is InChI=1S/C13H22N4/c1-10-15-16-13(11-5-4-8-14-9-11)17(10)12-6-2-3-7-12/h11-12,14H,2-9H2,1H3. The zero-order valence-electron chi connectivity index (χ0n) is 10.7. The quantitative estimate of drug-likeness (QED) is 0.852. The van der Waals surface area contributed by atoms with Crippen molar-refractivity contribution in [1.29, 1.82) is 0 Å². The van der Waals surface area contributed by atoms with Gasteiger partial charge in [0.2, 0.25) is 0 Å². The molecule has 0 radical (unpaired) electrons. The zero-order chi connectivity index (χ0) is 11.7. The molecule has 3 rings (SSSR count). The van der Waals surface area contributed by atoms with Gasteiger partial charge in [0.1, 0.15) is 11.6 Å². The van der Waals surface area contributed by atoms with E-state index in [1.54, 1.807) is 0 Å². The molecule has 2 aliphatic rings. The molecule has 1 N–H and O–H groups in total. The highest BCUT2D eigenvalue weighted by molar-refractivity contribution is 5.06. The van der Waals surface area contributed by atoms with E-state index < -0.39 is 0 Å². The van der Waals surface area contributed by atoms with E-state index in [0.29, 0.717) is 12.0 Å². The average Bonchev–Trinajstić information content (AvgIpc) is 2.99. The van der Waals surface area contributed by atoms with Crippen LogP contribution in [0.25, 0.3) is 0 Å². The van der Waals surface area contributed by atoms with Crippen LogP contribution in [0.1, 0.15) is 62.1 Å². The molecule has 1 unspecified atom stereocenters. The fraction of sp³-hybridized carbons (Fsp3) is 0.846. The molecule has 1 aromatic rings. The lowest BCUT2D eigenvalue weighted by Crippen LogP contribution is -2.30. The SMILES string of the molecule is Cc1nnc(C2CCCNC2)n1C1CCCC1. The van der Waals surface area contributed by atoms with E-state index in [1.807, 2.05) is 0 Å². The summed E-state index contributed by atoms with van der Waals surface area (Å²) < 4.78 is 2.44. The van der Waals surface area contributed by atoms with Crippen molar-refractivity contribution in [3.8, 4) is 0 Å². The molecule has 1 saturated carbocycles. The Bertz CT molecular complexity index is 373. The van der Waals surface area contributed by atoms with Gasteiger partial charge in [-0.05, 0) is 39.2 Å². The number of nitrogens with one attached hydrogen (secondary N) is 1. The summed E-state index contributed by atoms with van der Waals surface area (Å²) in [5.41, 5.74) is 0. The van der Waals surface area contributed by atoms with Crippen molar-refractivity contribution in [1.82, 2.24) is 20.1 Å². The van der Waals surface area contributed by atoms with Crippen LogP contribution in [0.2, 0.25) is 0 Å². The number of hydrogen-bond acceptors (Lipinski definition) is 3. The minimum Gasteiger partial charge on any atom is -0.316 e. The minimum atomic E-state index is 0.575. The second-order valence-electron chi connectivity index (χ2n) is 5.46. The van der Waals surface area contributed by atoms with E-state index in [1.165, 1.54) is 44.3 Å². The zero-order valence-corrected chi connectivity index (χ0v) is 10.7. The van der Waals surface area contributed by atoms with Gasteiger partial charge in [-0.2, -0.15) is 0 Å². The van der Waals surface area contributed by atoms with Gasteiger partial charge in [0.05, 0.1) is 0 Å². The Balaban J connectivity index is 1.87. The van der Waals surface area contributed by atoms with Gasteiger partial charge in [-0.25, -0.2) is 0 Å². The van der Waals surface area contributed by atoms with E-state index in [2.05, 4.69) is 27.0 Å². The van der Waals surface area contributed by atoms with Crippen LogP contribution >= 0.6 is 0 Å². The minimum absolute atomic E-state index is 0.575. The van der Waals surface area contributed by atoms with Crippen molar-refractivity contribution in [2.45, 2.75) is 57.4 Å². The monoisotopic (exact) mass is 234 g/mol. The van der Waals surface area contributed by atoms with E-state index in [4.69, 9.17) is 0 Å². The van der Waals surface area contributed by atoms with Crippen molar-refractivity contribution < 1.29 is 0 Å². The molecule has 17 heavy (non-hydrogen) atoms. The van der Waals surface area contributed by atoms with Crippen LogP contribution in [-0.4, -0.2) is 27.9 Å². The molecule has 0 spiro atoms. The first kappa shape index (κ1) is 11.2. The highest BCUT2D eigenvalue weighted by Gasteiger charge is 2.27. The second kappa shape index (κ2) is 4.77. The Morgan fingerprint density at radius 1 is 1.12 bits per heavy atom. The predicted octanol–water partition coefficient (Wildman–Crippen LogP) is 2.17. The molecule has 94 valence electrons. The molecule has 0 amide bonds. The predicted molar refractivity (Wildman–Crippen MR) is 67.1 cm³/mol. The van der Waals surface area contributed by atoms with Gasteiger partial charge in [0.15, 0.2) is 0 Å². The Morgan fingerprint density at radius 3 is 2.65 bits per heavy atom. The maximum atomic E-state index is 4.46. The normalized spacial score (nSPS) is 26.5. The molecule has 4 heteroatoms. The molecule has 2 fully saturated rings. The molecular formula is C13H22N4. The van der Waals surface area contributed by atoms with Crippen molar-refractivity contribution in [3.05, 3.63) is 11.6 Å². The molecule has 2 heterocycles. The van der Waals surface area contributed by atoms with Gasteiger partial charge in [0, 0.05) is 18.5 Å². The van der Waals surface area contributed by atoms with Crippen LogP contribution in [0, 0.1) is 6.92 Å². The van der Waals surface area contributed by atoms with Crippen LogP contribution in [0.15, 0.2) is 0 Å². The van der Waals surface area contributed by atoms with Gasteiger partial charge in [-0.1, -0.05) is 12.8 Å². The summed E-state index contributed by atoms with van der Waals surface area (Å²) in [5.74, 6) is 2.92. The number of rotatable bonds is 2. The molecule has 1 saturated heterocycles. The molecule has 4 nitrogen and oxygen atoms in total. The lowest BCUT2D eigenvalue weighted by Gasteiger charge is -2.25. The third-order valence-electron chi connectivity index (χ3n) is 4.24. The molecule has 1 aromatic heterocycles. The topological polar surface area (TPSA) is 42.7 Å². The van der Waals surface area contributed by atoms with Crippen LogP contribution in [0.3, 0.4) is 0 Å². The summed E-state index contributed by atoms with van der Waals surface area (Å²) in [5, 5.41) is 12.3. The van der Waals surface area contributed by atoms with Crippen molar-refractivity contribution in [2.24, 2.45) is 0 Å². The van der Waals surface area contributed by atoms with Crippen molar-refractivity contribution in [3.63, 3.8) is 0 Å². The van der Waals surface area contributed by atoms with Crippen LogP contribution in [-0.2, 0) is 0 Å². The number of piperidine rings is 1. The Morgan fingerprint density at radius 2 is 1.94 bits per heavy atom. The molecule has 1 aliphatic heterocycles. The first-order chi connectivity index (χ1) is 8.36. The Hall–Kier alpha value is -0.900. The summed E-state index contributed by atoms with van der Waals surface area (Å²) >= 11 is 0. The van der Waals surface area contributed by atoms with Crippen molar-refractivity contribution >= 4 is 0 Å². The van der Waals surface area contributed by atoms with Crippen LogP contribution in [0.5, 0.6) is 0 Å².